The van der Waals surface area contributed by atoms with Gasteiger partial charge in [0.25, 0.3) is 0 Å². The third-order valence-electron chi connectivity index (χ3n) is 18.6. The van der Waals surface area contributed by atoms with Crippen LogP contribution in [-0.2, 0) is 33.2 Å². The van der Waals surface area contributed by atoms with E-state index in [9.17, 15) is 61.0 Å². The molecule has 0 saturated carbocycles. The van der Waals surface area contributed by atoms with Gasteiger partial charge in [-0.05, 0) is 51.4 Å². The summed E-state index contributed by atoms with van der Waals surface area (Å²) in [6.45, 7) is 1.64. The Morgan fingerprint density at radius 3 is 1.16 bits per heavy atom. The molecular formula is C74H135NO18. The maximum Gasteiger partial charge on any atom is 0.220 e. The lowest BCUT2D eigenvalue weighted by atomic mass is 9.96. The fourth-order valence-corrected chi connectivity index (χ4v) is 12.6. The van der Waals surface area contributed by atoms with Crippen molar-refractivity contribution in [3.8, 4) is 0 Å². The maximum absolute atomic E-state index is 13.4. The van der Waals surface area contributed by atoms with Gasteiger partial charge < -0.3 is 89.9 Å². The predicted molar refractivity (Wildman–Crippen MR) is 365 cm³/mol. The van der Waals surface area contributed by atoms with Crippen molar-refractivity contribution in [1.82, 2.24) is 5.32 Å². The van der Waals surface area contributed by atoms with Crippen LogP contribution in [0.25, 0.3) is 0 Å². The molecule has 19 nitrogen and oxygen atoms in total. The van der Waals surface area contributed by atoms with Gasteiger partial charge in [0.15, 0.2) is 18.9 Å². The quantitative estimate of drug-likeness (QED) is 0.0199. The van der Waals surface area contributed by atoms with E-state index in [0.717, 1.165) is 89.9 Å². The zero-order valence-electron chi connectivity index (χ0n) is 57.7. The highest BCUT2D eigenvalue weighted by Gasteiger charge is 2.53. The van der Waals surface area contributed by atoms with Crippen molar-refractivity contribution < 1.29 is 89.4 Å². The number of aliphatic hydroxyl groups is 11. The first-order valence-corrected chi connectivity index (χ1v) is 37.4. The molecule has 3 aliphatic heterocycles. The first kappa shape index (κ1) is 85.0. The molecule has 17 unspecified atom stereocenters. The molecular weight excluding hydrogens is 1190 g/mol. The molecule has 3 rings (SSSR count). The van der Waals surface area contributed by atoms with E-state index in [1.54, 1.807) is 6.08 Å². The Bertz CT molecular complexity index is 1870. The van der Waals surface area contributed by atoms with Gasteiger partial charge in [-0.25, -0.2) is 0 Å². The summed E-state index contributed by atoms with van der Waals surface area (Å²) < 4.78 is 34.4. The molecule has 3 heterocycles. The summed E-state index contributed by atoms with van der Waals surface area (Å²) in [4.78, 5) is 13.4. The Morgan fingerprint density at radius 1 is 0.398 bits per heavy atom. The number of hydrogen-bond acceptors (Lipinski definition) is 18. The first-order chi connectivity index (χ1) is 45.3. The molecule has 0 aromatic heterocycles. The monoisotopic (exact) mass is 1330 g/mol. The molecule has 0 aromatic carbocycles. The van der Waals surface area contributed by atoms with E-state index in [0.29, 0.717) is 6.42 Å². The van der Waals surface area contributed by atoms with E-state index in [-0.39, 0.29) is 18.9 Å². The molecule has 3 saturated heterocycles. The van der Waals surface area contributed by atoms with Crippen LogP contribution in [0.1, 0.15) is 284 Å². The highest BCUT2D eigenvalue weighted by atomic mass is 16.8. The number of carbonyl (C=O) groups excluding carboxylic acids is 1. The maximum atomic E-state index is 13.4. The van der Waals surface area contributed by atoms with Crippen molar-refractivity contribution >= 4 is 5.91 Å². The van der Waals surface area contributed by atoms with Crippen LogP contribution < -0.4 is 5.32 Å². The summed E-state index contributed by atoms with van der Waals surface area (Å²) in [6, 6.07) is -0.981. The number of ether oxygens (including phenoxy) is 6. The number of aliphatic hydroxyl groups excluding tert-OH is 11. The van der Waals surface area contributed by atoms with Crippen molar-refractivity contribution in [2.24, 2.45) is 0 Å². The summed E-state index contributed by atoms with van der Waals surface area (Å²) in [5.41, 5.74) is 0. The Labute approximate surface area is 561 Å². The van der Waals surface area contributed by atoms with Gasteiger partial charge in [-0.3, -0.25) is 4.79 Å². The summed E-state index contributed by atoms with van der Waals surface area (Å²) in [7, 11) is 0. The van der Waals surface area contributed by atoms with Gasteiger partial charge in [-0.15, -0.1) is 0 Å². The number of hydrogen-bond donors (Lipinski definition) is 12. The molecule has 12 N–H and O–H groups in total. The standard InChI is InChI=1S/C74H135NO18/c1-3-5-7-9-11-13-15-17-19-21-22-23-24-25-26-27-28-29-30-31-32-33-34-36-37-39-41-43-45-47-49-51-58(79)57(75-62(80)52-50-48-46-44-42-40-38-35-20-18-16-14-12-10-8-6-4-2)56-88-72-68(86)65(83)70(60(54-77)90-72)93-74-69(87)66(84)71(61(55-78)91-74)92-73-67(85)64(82)63(81)59(53-76)89-73/h6,8,12,14,18,20,49,51,57-61,63-74,76-79,81-87H,3-5,7,9-11,13,15-17,19,21-48,50,52-56H2,1-2H3,(H,75,80)/b8-6-,14-12-,20-18-,51-49+. The molecule has 544 valence electrons. The zero-order chi connectivity index (χ0) is 67.5. The third kappa shape index (κ3) is 37.0. The number of unbranched alkanes of at least 4 members (excludes halogenated alkanes) is 36. The van der Waals surface area contributed by atoms with Crippen LogP contribution in [0.3, 0.4) is 0 Å². The van der Waals surface area contributed by atoms with Gasteiger partial charge in [0, 0.05) is 6.42 Å². The van der Waals surface area contributed by atoms with Crippen LogP contribution in [0.15, 0.2) is 48.6 Å². The first-order valence-electron chi connectivity index (χ1n) is 37.4. The van der Waals surface area contributed by atoms with E-state index in [1.165, 1.54) is 167 Å². The average molecular weight is 1330 g/mol. The van der Waals surface area contributed by atoms with Crippen LogP contribution in [0.5, 0.6) is 0 Å². The lowest BCUT2D eigenvalue weighted by Crippen LogP contribution is -2.66. The predicted octanol–water partition coefficient (Wildman–Crippen LogP) is 10.9. The largest absolute Gasteiger partial charge is 0.394 e. The molecule has 0 aliphatic carbocycles. The fraction of sp³-hybridized carbons (Fsp3) is 0.878. The van der Waals surface area contributed by atoms with E-state index >= 15 is 0 Å². The zero-order valence-corrected chi connectivity index (χ0v) is 57.7. The van der Waals surface area contributed by atoms with Crippen molar-refractivity contribution in [2.75, 3.05) is 26.4 Å². The average Bonchev–Trinajstić information content (AvgIpc) is 0.815. The minimum absolute atomic E-state index is 0.231. The highest BCUT2D eigenvalue weighted by molar-refractivity contribution is 5.76. The van der Waals surface area contributed by atoms with E-state index < -0.39 is 124 Å². The fourth-order valence-electron chi connectivity index (χ4n) is 12.6. The van der Waals surface area contributed by atoms with Crippen LogP contribution in [0.2, 0.25) is 0 Å². The summed E-state index contributed by atoms with van der Waals surface area (Å²) >= 11 is 0. The Morgan fingerprint density at radius 2 is 0.742 bits per heavy atom. The molecule has 0 radical (unpaired) electrons. The Kier molecular flexibility index (Phi) is 50.8. The van der Waals surface area contributed by atoms with Crippen LogP contribution in [-0.4, -0.2) is 193 Å². The molecule has 3 aliphatic rings. The van der Waals surface area contributed by atoms with Gasteiger partial charge in [-0.2, -0.15) is 0 Å². The Balaban J connectivity index is 1.39. The number of nitrogens with one attached hydrogen (secondary N) is 1. The molecule has 0 bridgehead atoms. The molecule has 0 spiro atoms. The summed E-state index contributed by atoms with van der Waals surface area (Å²) in [6.07, 6.45) is 41.0. The van der Waals surface area contributed by atoms with E-state index in [4.69, 9.17) is 28.4 Å². The van der Waals surface area contributed by atoms with Crippen LogP contribution in [0, 0.1) is 0 Å². The molecule has 1 amide bonds. The molecule has 0 aromatic rings. The second kappa shape index (κ2) is 55.6. The van der Waals surface area contributed by atoms with Gasteiger partial charge in [0.2, 0.25) is 5.91 Å². The van der Waals surface area contributed by atoms with Crippen LogP contribution >= 0.6 is 0 Å². The smallest absolute Gasteiger partial charge is 0.220 e. The number of allylic oxidation sites excluding steroid dienone is 7. The van der Waals surface area contributed by atoms with E-state index in [1.807, 2.05) is 6.08 Å². The van der Waals surface area contributed by atoms with Crippen molar-refractivity contribution in [1.29, 1.82) is 0 Å². The van der Waals surface area contributed by atoms with Crippen molar-refractivity contribution in [2.45, 2.75) is 388 Å². The van der Waals surface area contributed by atoms with Gasteiger partial charge in [-0.1, -0.05) is 274 Å². The Hall–Kier alpha value is -2.25. The molecule has 19 heteroatoms. The molecule has 93 heavy (non-hydrogen) atoms. The second-order valence-electron chi connectivity index (χ2n) is 26.7. The summed E-state index contributed by atoms with van der Waals surface area (Å²) in [5, 5.41) is 121. The molecule has 3 fully saturated rings. The topological polar surface area (TPSA) is 307 Å². The highest BCUT2D eigenvalue weighted by Crippen LogP contribution is 2.33. The number of amides is 1. The SMILES string of the molecule is CC/C=C\C/C=C\C/C=C\CCCCCCCCCC(=O)NC(COC1OC(CO)C(OC2OC(CO)C(OC3OC(CO)C(O)C(O)C3O)C(O)C2O)C(O)C1O)C(O)/C=C/CCCCCCCCCCCCCCCCCCCCCCCCCCCCCCC. The number of carbonyl (C=O) groups is 1. The third-order valence-corrected chi connectivity index (χ3v) is 18.6. The lowest BCUT2D eigenvalue weighted by molar-refractivity contribution is -0.379. The van der Waals surface area contributed by atoms with Gasteiger partial charge >= 0.3 is 0 Å². The second-order valence-corrected chi connectivity index (χ2v) is 26.7. The number of rotatable bonds is 58. The van der Waals surface area contributed by atoms with Crippen molar-refractivity contribution in [3.05, 3.63) is 48.6 Å². The summed E-state index contributed by atoms with van der Waals surface area (Å²) in [5.74, 6) is -0.284. The van der Waals surface area contributed by atoms with Gasteiger partial charge in [0.1, 0.15) is 73.2 Å². The minimum atomic E-state index is -1.98. The van der Waals surface area contributed by atoms with Crippen LogP contribution in [0.4, 0.5) is 0 Å². The van der Waals surface area contributed by atoms with Gasteiger partial charge in [0.05, 0.1) is 38.6 Å². The van der Waals surface area contributed by atoms with E-state index in [2.05, 4.69) is 55.6 Å². The normalized spacial score (nSPS) is 27.8. The van der Waals surface area contributed by atoms with Crippen molar-refractivity contribution in [3.63, 3.8) is 0 Å². The lowest BCUT2D eigenvalue weighted by Gasteiger charge is -2.48. The molecule has 17 atom stereocenters. The minimum Gasteiger partial charge on any atom is -0.394 e.